The highest BCUT2D eigenvalue weighted by molar-refractivity contribution is 9.10. The molecule has 3 aromatic carbocycles. The number of carbonyl (C=O) groups is 1. The molecule has 0 radical (unpaired) electrons. The number of non-ortho nitro benzene ring substituents is 1. The van der Waals surface area contributed by atoms with Crippen LogP contribution in [0, 0.1) is 10.1 Å². The molecule has 0 saturated heterocycles. The van der Waals surface area contributed by atoms with Crippen LogP contribution in [0.25, 0.3) is 0 Å². The molecule has 0 spiro atoms. The van der Waals surface area contributed by atoms with Crippen molar-refractivity contribution in [3.8, 4) is 5.75 Å². The maximum atomic E-state index is 13.3. The zero-order valence-electron chi connectivity index (χ0n) is 17.4. The van der Waals surface area contributed by atoms with Crippen LogP contribution in [0.2, 0.25) is 0 Å². The Bertz CT molecular complexity index is 1140. The summed E-state index contributed by atoms with van der Waals surface area (Å²) in [5, 5.41) is 11.3. The fourth-order valence-corrected chi connectivity index (χ4v) is 4.61. The molecule has 0 saturated carbocycles. The van der Waals surface area contributed by atoms with E-state index in [2.05, 4.69) is 15.9 Å². The second-order valence-corrected chi connectivity index (χ2v) is 8.28. The van der Waals surface area contributed by atoms with Crippen LogP contribution in [0.15, 0.2) is 71.2 Å². The normalized spacial score (nSPS) is 15.1. The standard InChI is InChI=1S/C24H21BrN2O5/c1-31-20-10-7-17(8-11-20)22-12-9-18-13-19(27(29)30)14-21(25)23(18)26(22)24(28)32-15-16-5-3-2-4-6-16/h2-8,10-11,13-14,22H,9,12,15H2,1H3. The number of methoxy groups -OCH3 is 1. The Kier molecular flexibility index (Phi) is 6.41. The molecule has 7 nitrogen and oxygen atoms in total. The van der Waals surface area contributed by atoms with Crippen LogP contribution in [0.5, 0.6) is 5.75 Å². The van der Waals surface area contributed by atoms with Gasteiger partial charge in [0.2, 0.25) is 0 Å². The average Bonchev–Trinajstić information content (AvgIpc) is 2.82. The highest BCUT2D eigenvalue weighted by Gasteiger charge is 2.36. The van der Waals surface area contributed by atoms with Gasteiger partial charge in [-0.15, -0.1) is 0 Å². The molecule has 1 amide bonds. The van der Waals surface area contributed by atoms with Crippen LogP contribution in [0.3, 0.4) is 0 Å². The van der Waals surface area contributed by atoms with E-state index in [9.17, 15) is 14.9 Å². The van der Waals surface area contributed by atoms with Crippen LogP contribution in [0.4, 0.5) is 16.2 Å². The first-order valence-electron chi connectivity index (χ1n) is 10.1. The first-order chi connectivity index (χ1) is 15.5. The summed E-state index contributed by atoms with van der Waals surface area (Å²) in [6.45, 7) is 0.130. The van der Waals surface area contributed by atoms with E-state index < -0.39 is 11.0 Å². The summed E-state index contributed by atoms with van der Waals surface area (Å²) in [4.78, 5) is 25.8. The first kappa shape index (κ1) is 21.8. The van der Waals surface area contributed by atoms with Gasteiger partial charge in [0.1, 0.15) is 12.4 Å². The molecule has 0 fully saturated rings. The summed E-state index contributed by atoms with van der Waals surface area (Å²) in [7, 11) is 1.60. The zero-order valence-corrected chi connectivity index (χ0v) is 18.9. The molecule has 1 aliphatic heterocycles. The second-order valence-electron chi connectivity index (χ2n) is 7.43. The van der Waals surface area contributed by atoms with Crippen molar-refractivity contribution in [2.75, 3.05) is 12.0 Å². The van der Waals surface area contributed by atoms with E-state index in [0.717, 1.165) is 22.4 Å². The predicted octanol–water partition coefficient (Wildman–Crippen LogP) is 6.20. The van der Waals surface area contributed by atoms with Crippen molar-refractivity contribution in [1.29, 1.82) is 0 Å². The Morgan fingerprint density at radius 3 is 2.53 bits per heavy atom. The number of carbonyl (C=O) groups excluding carboxylic acids is 1. The molecule has 0 aromatic heterocycles. The number of fused-ring (bicyclic) bond motifs is 1. The number of hydrogen-bond donors (Lipinski definition) is 0. The fourth-order valence-electron chi connectivity index (χ4n) is 3.93. The number of nitro benzene ring substituents is 1. The number of halogens is 1. The maximum Gasteiger partial charge on any atom is 0.415 e. The van der Waals surface area contributed by atoms with E-state index in [-0.39, 0.29) is 18.3 Å². The van der Waals surface area contributed by atoms with Gasteiger partial charge in [-0.2, -0.15) is 0 Å². The molecule has 164 valence electrons. The van der Waals surface area contributed by atoms with E-state index in [1.54, 1.807) is 12.0 Å². The number of aryl methyl sites for hydroxylation is 1. The van der Waals surface area contributed by atoms with Gasteiger partial charge in [0.15, 0.2) is 0 Å². The van der Waals surface area contributed by atoms with Gasteiger partial charge in [-0.1, -0.05) is 42.5 Å². The lowest BCUT2D eigenvalue weighted by atomic mass is 9.91. The smallest absolute Gasteiger partial charge is 0.415 e. The minimum absolute atomic E-state index is 0.0175. The van der Waals surface area contributed by atoms with Gasteiger partial charge in [0.05, 0.1) is 23.8 Å². The molecule has 0 aliphatic carbocycles. The van der Waals surface area contributed by atoms with Gasteiger partial charge in [0, 0.05) is 16.6 Å². The average molecular weight is 497 g/mol. The number of amides is 1. The van der Waals surface area contributed by atoms with Crippen molar-refractivity contribution < 1.29 is 19.2 Å². The van der Waals surface area contributed by atoms with Crippen LogP contribution in [0.1, 0.15) is 29.2 Å². The van der Waals surface area contributed by atoms with Crippen LogP contribution in [-0.4, -0.2) is 18.1 Å². The van der Waals surface area contributed by atoms with Crippen molar-refractivity contribution in [2.24, 2.45) is 0 Å². The van der Waals surface area contributed by atoms with Gasteiger partial charge in [-0.25, -0.2) is 4.79 Å². The molecule has 1 unspecified atom stereocenters. The Morgan fingerprint density at radius 1 is 1.16 bits per heavy atom. The third-order valence-electron chi connectivity index (χ3n) is 5.48. The monoisotopic (exact) mass is 496 g/mol. The van der Waals surface area contributed by atoms with Gasteiger partial charge in [-0.3, -0.25) is 15.0 Å². The SMILES string of the molecule is COc1ccc(C2CCc3cc([N+](=O)[O-])cc(Br)c3N2C(=O)OCc2ccccc2)cc1. The summed E-state index contributed by atoms with van der Waals surface area (Å²) < 4.78 is 11.4. The van der Waals surface area contributed by atoms with Crippen molar-refractivity contribution in [1.82, 2.24) is 0 Å². The molecular weight excluding hydrogens is 476 g/mol. The van der Waals surface area contributed by atoms with Crippen LogP contribution < -0.4 is 9.64 Å². The van der Waals surface area contributed by atoms with Crippen molar-refractivity contribution in [3.05, 3.63) is 98.0 Å². The molecule has 32 heavy (non-hydrogen) atoms. The summed E-state index contributed by atoms with van der Waals surface area (Å²) in [6, 6.07) is 19.7. The van der Waals surface area contributed by atoms with Crippen LogP contribution >= 0.6 is 15.9 Å². The summed E-state index contributed by atoms with van der Waals surface area (Å²) >= 11 is 3.45. The van der Waals surface area contributed by atoms with Crippen molar-refractivity contribution in [2.45, 2.75) is 25.5 Å². The summed E-state index contributed by atoms with van der Waals surface area (Å²) in [5.74, 6) is 0.722. The molecular formula is C24H21BrN2O5. The quantitative estimate of drug-likeness (QED) is 0.310. The van der Waals surface area contributed by atoms with Crippen molar-refractivity contribution >= 4 is 33.4 Å². The Morgan fingerprint density at radius 2 is 1.88 bits per heavy atom. The minimum Gasteiger partial charge on any atom is -0.497 e. The number of nitrogens with zero attached hydrogens (tertiary/aromatic N) is 2. The molecule has 1 atom stereocenters. The van der Waals surface area contributed by atoms with E-state index >= 15 is 0 Å². The second kappa shape index (κ2) is 9.40. The Hall–Kier alpha value is -3.39. The van der Waals surface area contributed by atoms with E-state index in [4.69, 9.17) is 9.47 Å². The van der Waals surface area contributed by atoms with Gasteiger partial charge in [-0.05, 0) is 57.6 Å². The number of anilines is 1. The lowest BCUT2D eigenvalue weighted by Gasteiger charge is -2.37. The van der Waals surface area contributed by atoms with Gasteiger partial charge < -0.3 is 9.47 Å². The van der Waals surface area contributed by atoms with Gasteiger partial charge in [0.25, 0.3) is 5.69 Å². The topological polar surface area (TPSA) is 81.9 Å². The minimum atomic E-state index is -0.509. The van der Waals surface area contributed by atoms with Gasteiger partial charge >= 0.3 is 6.09 Å². The summed E-state index contributed by atoms with van der Waals surface area (Å²) in [5.41, 5.74) is 3.12. The lowest BCUT2D eigenvalue weighted by Crippen LogP contribution is -2.39. The molecule has 0 N–H and O–H groups in total. The number of hydrogen-bond acceptors (Lipinski definition) is 5. The molecule has 8 heteroatoms. The lowest BCUT2D eigenvalue weighted by molar-refractivity contribution is -0.385. The molecule has 1 heterocycles. The van der Waals surface area contributed by atoms with E-state index in [1.807, 2.05) is 54.6 Å². The largest absolute Gasteiger partial charge is 0.497 e. The number of nitro groups is 1. The molecule has 0 bridgehead atoms. The molecule has 1 aliphatic rings. The Labute approximate surface area is 193 Å². The highest BCUT2D eigenvalue weighted by Crippen LogP contribution is 2.45. The predicted molar refractivity (Wildman–Crippen MR) is 124 cm³/mol. The molecule has 4 rings (SSSR count). The Balaban J connectivity index is 1.72. The number of ether oxygens (including phenoxy) is 2. The first-order valence-corrected chi connectivity index (χ1v) is 10.9. The number of benzene rings is 3. The summed E-state index contributed by atoms with van der Waals surface area (Å²) in [6.07, 6.45) is 0.687. The third kappa shape index (κ3) is 4.45. The fraction of sp³-hybridized carbons (Fsp3) is 0.208. The van der Waals surface area contributed by atoms with E-state index in [0.29, 0.717) is 23.0 Å². The van der Waals surface area contributed by atoms with Crippen molar-refractivity contribution in [3.63, 3.8) is 0 Å². The number of rotatable bonds is 5. The highest BCUT2D eigenvalue weighted by atomic mass is 79.9. The zero-order chi connectivity index (χ0) is 22.7. The molecule has 3 aromatic rings. The van der Waals surface area contributed by atoms with Crippen LogP contribution in [-0.2, 0) is 17.8 Å². The third-order valence-corrected chi connectivity index (χ3v) is 6.08. The van der Waals surface area contributed by atoms with E-state index in [1.165, 1.54) is 12.1 Å². The maximum absolute atomic E-state index is 13.3.